The molecule has 0 aromatic heterocycles. The summed E-state index contributed by atoms with van der Waals surface area (Å²) < 4.78 is 0. The first kappa shape index (κ1) is 21.1. The molecule has 0 amide bonds. The van der Waals surface area contributed by atoms with E-state index in [1.54, 1.807) is 0 Å². The van der Waals surface area contributed by atoms with Gasteiger partial charge in [-0.05, 0) is 18.3 Å². The molecule has 3 aliphatic rings. The number of hydrogen-bond donors (Lipinski definition) is 0. The van der Waals surface area contributed by atoms with Crippen molar-refractivity contribution in [1.29, 1.82) is 0 Å². The Bertz CT molecular complexity index is 216. The van der Waals surface area contributed by atoms with Crippen molar-refractivity contribution in [3.63, 3.8) is 0 Å². The van der Waals surface area contributed by atoms with Gasteiger partial charge < -0.3 is 12.8 Å². The summed E-state index contributed by atoms with van der Waals surface area (Å²) in [6.07, 6.45) is 15.2. The average Bonchev–Trinajstić information content (AvgIpc) is 2.74. The first-order valence-electron chi connectivity index (χ1n) is 6.09. The Labute approximate surface area is 150 Å². The molecule has 17 heavy (non-hydrogen) atoms. The molecule has 0 aromatic rings. The molecule has 96 valence electrons. The van der Waals surface area contributed by atoms with E-state index in [2.05, 4.69) is 18.6 Å². The molecule has 2 saturated carbocycles. The van der Waals surface area contributed by atoms with Crippen molar-refractivity contribution in [3.05, 3.63) is 25.0 Å². The van der Waals surface area contributed by atoms with Crippen LogP contribution in [0.3, 0.4) is 0 Å². The molecular formula is C14H22W3. The second-order valence-corrected chi connectivity index (χ2v) is 5.00. The standard InChI is InChI=1S/C11H15.C3H7.3W/c1-3-8-7-9(4-1)11-6-2-5-10(8)11;1-3-2;;;/h1-2,5,8-11H,3-4,6-7H2;3H,1-2H3;;;/q2*-1;;;+2. The molecule has 0 nitrogen and oxygen atoms in total. The fourth-order valence-corrected chi connectivity index (χ4v) is 3.48. The smallest absolute Gasteiger partial charge is 0.335 e. The number of fused-ring (bicyclic) bond motifs is 5. The van der Waals surface area contributed by atoms with Crippen molar-refractivity contribution < 1.29 is 63.2 Å². The van der Waals surface area contributed by atoms with E-state index in [1.807, 2.05) is 20.3 Å². The summed E-state index contributed by atoms with van der Waals surface area (Å²) in [4.78, 5) is 0. The van der Waals surface area contributed by atoms with E-state index in [4.69, 9.17) is 0 Å². The van der Waals surface area contributed by atoms with Crippen LogP contribution in [0, 0.1) is 36.5 Å². The van der Waals surface area contributed by atoms with Crippen LogP contribution < -0.4 is 0 Å². The van der Waals surface area contributed by atoms with Crippen molar-refractivity contribution in [1.82, 2.24) is 0 Å². The van der Waals surface area contributed by atoms with Crippen LogP contribution in [-0.2, 0) is 63.2 Å². The second-order valence-electron chi connectivity index (χ2n) is 5.00. The maximum Gasteiger partial charge on any atom is 2.00 e. The molecule has 0 N–H and O–H groups in total. The molecule has 3 heteroatoms. The predicted octanol–water partition coefficient (Wildman–Crippen LogP) is 4.04. The van der Waals surface area contributed by atoms with Crippen molar-refractivity contribution >= 4 is 0 Å². The molecule has 3 aliphatic carbocycles. The molecule has 2 fully saturated rings. The molecule has 2 bridgehead atoms. The summed E-state index contributed by atoms with van der Waals surface area (Å²) in [5.41, 5.74) is 0. The molecule has 0 spiro atoms. The zero-order valence-electron chi connectivity index (χ0n) is 10.7. The van der Waals surface area contributed by atoms with Gasteiger partial charge in [0.15, 0.2) is 0 Å². The van der Waals surface area contributed by atoms with E-state index < -0.39 is 0 Å². The van der Waals surface area contributed by atoms with Crippen molar-refractivity contribution in [3.8, 4) is 0 Å². The Morgan fingerprint density at radius 1 is 1.12 bits per heavy atom. The third-order valence-corrected chi connectivity index (χ3v) is 3.96. The van der Waals surface area contributed by atoms with Gasteiger partial charge in [0.25, 0.3) is 0 Å². The SMILES string of the molecule is C1=CC2C3C[CH-]CC(C3)C2C1.C[CH-]C.[W+2].[W].[W]. The fourth-order valence-electron chi connectivity index (χ4n) is 3.48. The van der Waals surface area contributed by atoms with Gasteiger partial charge in [-0.1, -0.05) is 30.4 Å². The van der Waals surface area contributed by atoms with Crippen LogP contribution in [0.5, 0.6) is 0 Å². The molecule has 0 heterocycles. The number of rotatable bonds is 0. The Kier molecular flexibility index (Phi) is 13.1. The molecular weight excluding hydrogens is 720 g/mol. The van der Waals surface area contributed by atoms with Crippen LogP contribution in [-0.4, -0.2) is 0 Å². The van der Waals surface area contributed by atoms with E-state index in [0.29, 0.717) is 0 Å². The normalized spacial score (nSPS) is 35.4. The van der Waals surface area contributed by atoms with Crippen LogP contribution in [0.1, 0.15) is 39.5 Å². The fraction of sp³-hybridized carbons (Fsp3) is 0.714. The van der Waals surface area contributed by atoms with Gasteiger partial charge in [0, 0.05) is 42.1 Å². The first-order chi connectivity index (χ1) is 6.86. The minimum Gasteiger partial charge on any atom is -0.335 e. The van der Waals surface area contributed by atoms with Crippen LogP contribution >= 0.6 is 0 Å². The van der Waals surface area contributed by atoms with Crippen LogP contribution in [0.15, 0.2) is 12.2 Å². The number of hydrogen-bond acceptors (Lipinski definition) is 0. The summed E-state index contributed by atoms with van der Waals surface area (Å²) in [5.74, 6) is 4.14. The molecule has 0 aliphatic heterocycles. The van der Waals surface area contributed by atoms with Crippen molar-refractivity contribution in [2.24, 2.45) is 23.7 Å². The molecule has 4 atom stereocenters. The molecule has 0 aromatic carbocycles. The zero-order valence-corrected chi connectivity index (χ0v) is 19.5. The predicted molar refractivity (Wildman–Crippen MR) is 61.5 cm³/mol. The van der Waals surface area contributed by atoms with E-state index in [9.17, 15) is 0 Å². The first-order valence-corrected chi connectivity index (χ1v) is 6.09. The molecule has 3 rings (SSSR count). The van der Waals surface area contributed by atoms with Gasteiger partial charge in [-0.25, -0.2) is 0 Å². The summed E-state index contributed by atoms with van der Waals surface area (Å²) in [6, 6.07) is 0. The van der Waals surface area contributed by atoms with E-state index in [-0.39, 0.29) is 63.2 Å². The quantitative estimate of drug-likeness (QED) is 0.260. The van der Waals surface area contributed by atoms with Crippen LogP contribution in [0.25, 0.3) is 0 Å². The minimum absolute atomic E-state index is 0. The maximum atomic E-state index is 2.53. The van der Waals surface area contributed by atoms with E-state index in [0.717, 1.165) is 23.7 Å². The zero-order chi connectivity index (χ0) is 9.97. The van der Waals surface area contributed by atoms with Gasteiger partial charge in [-0.3, -0.25) is 0 Å². The minimum atomic E-state index is 0. The Morgan fingerprint density at radius 2 is 1.71 bits per heavy atom. The van der Waals surface area contributed by atoms with Crippen molar-refractivity contribution in [2.75, 3.05) is 0 Å². The Morgan fingerprint density at radius 3 is 2.35 bits per heavy atom. The second kappa shape index (κ2) is 10.6. The maximum absolute atomic E-state index is 2.53. The van der Waals surface area contributed by atoms with Gasteiger partial charge >= 0.3 is 21.1 Å². The van der Waals surface area contributed by atoms with Gasteiger partial charge in [-0.2, -0.15) is 26.7 Å². The van der Waals surface area contributed by atoms with Gasteiger partial charge in [0.1, 0.15) is 0 Å². The topological polar surface area (TPSA) is 0 Å². The molecule has 0 radical (unpaired) electrons. The largest absolute Gasteiger partial charge is 2.00 e. The van der Waals surface area contributed by atoms with Gasteiger partial charge in [0.05, 0.1) is 0 Å². The third-order valence-electron chi connectivity index (χ3n) is 3.96. The monoisotopic (exact) mass is 742 g/mol. The third kappa shape index (κ3) is 5.01. The number of allylic oxidation sites excluding steroid dienone is 2. The van der Waals surface area contributed by atoms with Crippen LogP contribution in [0.4, 0.5) is 0 Å². The van der Waals surface area contributed by atoms with Gasteiger partial charge in [0.2, 0.25) is 0 Å². The summed E-state index contributed by atoms with van der Waals surface area (Å²) in [6.45, 7) is 4.00. The average molecular weight is 742 g/mol. The Hall–Kier alpha value is 1.80. The van der Waals surface area contributed by atoms with Gasteiger partial charge in [-0.15, -0.1) is 0 Å². The summed E-state index contributed by atoms with van der Waals surface area (Å²) in [5, 5.41) is 0. The van der Waals surface area contributed by atoms with Crippen molar-refractivity contribution in [2.45, 2.75) is 39.5 Å². The molecule has 0 saturated heterocycles. The molecule has 4 unspecified atom stereocenters. The Balaban J connectivity index is 0. The van der Waals surface area contributed by atoms with Crippen LogP contribution in [0.2, 0.25) is 0 Å². The van der Waals surface area contributed by atoms with E-state index >= 15 is 0 Å². The summed E-state index contributed by atoms with van der Waals surface area (Å²) >= 11 is 0. The summed E-state index contributed by atoms with van der Waals surface area (Å²) in [7, 11) is 0. The van der Waals surface area contributed by atoms with E-state index in [1.165, 1.54) is 25.7 Å².